The van der Waals surface area contributed by atoms with Gasteiger partial charge < -0.3 is 4.90 Å². The molecule has 0 atom stereocenters. The van der Waals surface area contributed by atoms with Crippen LogP contribution in [0.4, 0.5) is 18.9 Å². The lowest BCUT2D eigenvalue weighted by Gasteiger charge is -2.28. The van der Waals surface area contributed by atoms with Crippen LogP contribution in [0, 0.1) is 0 Å². The fourth-order valence-electron chi connectivity index (χ4n) is 2.92. The van der Waals surface area contributed by atoms with Gasteiger partial charge in [-0.05, 0) is 23.8 Å². The highest BCUT2D eigenvalue weighted by molar-refractivity contribution is 5.96. The Hall–Kier alpha value is -2.70. The van der Waals surface area contributed by atoms with Crippen molar-refractivity contribution in [3.05, 3.63) is 59.4 Å². The molecule has 1 fully saturated rings. The van der Waals surface area contributed by atoms with E-state index in [0.717, 1.165) is 17.8 Å². The van der Waals surface area contributed by atoms with Crippen LogP contribution < -0.4 is 4.90 Å². The first-order valence-corrected chi connectivity index (χ1v) is 8.25. The average molecular weight is 362 g/mol. The van der Waals surface area contributed by atoms with Gasteiger partial charge in [0, 0.05) is 44.2 Å². The molecule has 1 saturated heterocycles. The third-order valence-electron chi connectivity index (χ3n) is 4.33. The summed E-state index contributed by atoms with van der Waals surface area (Å²) in [5.41, 5.74) is 0.514. The molecule has 4 nitrogen and oxygen atoms in total. The number of halogens is 3. The van der Waals surface area contributed by atoms with Crippen molar-refractivity contribution in [2.75, 3.05) is 18.0 Å². The summed E-state index contributed by atoms with van der Waals surface area (Å²) in [4.78, 5) is 29.8. The molecular formula is C19H17F3N2O2. The Bertz CT molecular complexity index is 824. The molecule has 1 aliphatic heterocycles. The molecule has 0 unspecified atom stereocenters. The van der Waals surface area contributed by atoms with Crippen molar-refractivity contribution >= 4 is 17.3 Å². The molecular weight excluding hydrogens is 345 g/mol. The number of ketones is 2. The molecule has 2 aromatic rings. The number of carbonyl (C=O) groups is 2. The normalized spacial score (nSPS) is 15.2. The van der Waals surface area contributed by atoms with E-state index >= 15 is 0 Å². The predicted molar refractivity (Wildman–Crippen MR) is 90.2 cm³/mol. The molecule has 2 heterocycles. The maximum Gasteiger partial charge on any atom is 0.416 e. The van der Waals surface area contributed by atoms with Crippen molar-refractivity contribution in [1.82, 2.24) is 4.98 Å². The minimum Gasteiger partial charge on any atom is -0.371 e. The summed E-state index contributed by atoms with van der Waals surface area (Å²) in [6.07, 6.45) is -2.15. The zero-order valence-corrected chi connectivity index (χ0v) is 13.9. The summed E-state index contributed by atoms with van der Waals surface area (Å²) in [7, 11) is 0. The Morgan fingerprint density at radius 1 is 1.12 bits per heavy atom. The van der Waals surface area contributed by atoms with Gasteiger partial charge in [-0.1, -0.05) is 18.2 Å². The molecule has 7 heteroatoms. The number of benzene rings is 1. The van der Waals surface area contributed by atoms with Crippen LogP contribution in [0.15, 0.2) is 42.6 Å². The second-order valence-electron chi connectivity index (χ2n) is 6.22. The van der Waals surface area contributed by atoms with E-state index in [4.69, 9.17) is 0 Å². The maximum atomic E-state index is 12.8. The van der Waals surface area contributed by atoms with E-state index in [-0.39, 0.29) is 23.7 Å². The molecule has 0 saturated carbocycles. The van der Waals surface area contributed by atoms with E-state index in [1.807, 2.05) is 4.90 Å². The van der Waals surface area contributed by atoms with E-state index in [2.05, 4.69) is 4.98 Å². The number of rotatable bonds is 4. The number of hydrogen-bond acceptors (Lipinski definition) is 4. The predicted octanol–water partition coefficient (Wildman–Crippen LogP) is 3.70. The third kappa shape index (κ3) is 4.28. The van der Waals surface area contributed by atoms with Crippen LogP contribution in [-0.4, -0.2) is 29.6 Å². The Balaban J connectivity index is 1.74. The Labute approximate surface area is 148 Å². The van der Waals surface area contributed by atoms with Crippen LogP contribution in [0.1, 0.15) is 34.5 Å². The minimum atomic E-state index is -4.44. The van der Waals surface area contributed by atoms with E-state index < -0.39 is 11.7 Å². The number of alkyl halides is 3. The van der Waals surface area contributed by atoms with Crippen molar-refractivity contribution in [2.24, 2.45) is 0 Å². The number of piperidine rings is 1. The van der Waals surface area contributed by atoms with Crippen LogP contribution in [0.2, 0.25) is 0 Å². The van der Waals surface area contributed by atoms with Crippen LogP contribution in [0.5, 0.6) is 0 Å². The average Bonchev–Trinajstić information content (AvgIpc) is 2.62. The maximum absolute atomic E-state index is 12.8. The zero-order valence-electron chi connectivity index (χ0n) is 13.9. The van der Waals surface area contributed by atoms with Gasteiger partial charge in [0.05, 0.1) is 5.56 Å². The van der Waals surface area contributed by atoms with Gasteiger partial charge in [0.2, 0.25) is 0 Å². The van der Waals surface area contributed by atoms with Gasteiger partial charge in [0.25, 0.3) is 0 Å². The van der Waals surface area contributed by atoms with E-state index in [0.29, 0.717) is 31.5 Å². The van der Waals surface area contributed by atoms with Crippen LogP contribution >= 0.6 is 0 Å². The van der Waals surface area contributed by atoms with Gasteiger partial charge in [-0.3, -0.25) is 14.6 Å². The van der Waals surface area contributed by atoms with Gasteiger partial charge >= 0.3 is 6.18 Å². The monoisotopic (exact) mass is 362 g/mol. The Kier molecular flexibility index (Phi) is 5.06. The second-order valence-corrected chi connectivity index (χ2v) is 6.22. The number of nitrogens with zero attached hydrogens (tertiary/aromatic N) is 2. The SMILES string of the molecule is O=C1CCN(c2ccnc(C(=O)Cc3cccc(C(F)(F)F)c3)c2)CC1. The fraction of sp³-hybridized carbons (Fsp3) is 0.316. The molecule has 0 N–H and O–H groups in total. The van der Waals surface area contributed by atoms with Gasteiger partial charge in [-0.2, -0.15) is 13.2 Å². The van der Waals surface area contributed by atoms with Gasteiger partial charge in [0.15, 0.2) is 5.78 Å². The third-order valence-corrected chi connectivity index (χ3v) is 4.33. The summed E-state index contributed by atoms with van der Waals surface area (Å²) in [5, 5.41) is 0. The highest BCUT2D eigenvalue weighted by Crippen LogP contribution is 2.29. The first kappa shape index (κ1) is 18.1. The lowest BCUT2D eigenvalue weighted by atomic mass is 10.0. The molecule has 1 aromatic carbocycles. The van der Waals surface area contributed by atoms with Crippen molar-refractivity contribution < 1.29 is 22.8 Å². The Morgan fingerprint density at radius 2 is 1.85 bits per heavy atom. The minimum absolute atomic E-state index is 0.154. The molecule has 26 heavy (non-hydrogen) atoms. The van der Waals surface area contributed by atoms with Gasteiger partial charge in [0.1, 0.15) is 11.5 Å². The second kappa shape index (κ2) is 7.27. The van der Waals surface area contributed by atoms with Crippen molar-refractivity contribution in [2.45, 2.75) is 25.4 Å². The summed E-state index contributed by atoms with van der Waals surface area (Å²) in [6.45, 7) is 1.17. The molecule has 1 aromatic heterocycles. The molecule has 136 valence electrons. The molecule has 0 radical (unpaired) electrons. The highest BCUT2D eigenvalue weighted by Gasteiger charge is 2.30. The lowest BCUT2D eigenvalue weighted by molar-refractivity contribution is -0.137. The molecule has 3 rings (SSSR count). The lowest BCUT2D eigenvalue weighted by Crippen LogP contribution is -2.33. The van der Waals surface area contributed by atoms with Crippen molar-refractivity contribution in [3.63, 3.8) is 0 Å². The summed E-state index contributed by atoms with van der Waals surface area (Å²) in [5.74, 6) is -0.129. The topological polar surface area (TPSA) is 50.3 Å². The van der Waals surface area contributed by atoms with Crippen molar-refractivity contribution in [3.8, 4) is 0 Å². The standard InChI is InChI=1S/C19H17F3N2O2/c20-19(21,22)14-3-1-2-13(10-14)11-18(26)17-12-15(4-7-23-17)24-8-5-16(25)6-9-24/h1-4,7,10,12H,5-6,8-9,11H2. The molecule has 0 amide bonds. The smallest absolute Gasteiger partial charge is 0.371 e. The molecule has 0 aliphatic carbocycles. The first-order valence-electron chi connectivity index (χ1n) is 8.25. The summed E-state index contributed by atoms with van der Waals surface area (Å²) in [6, 6.07) is 8.14. The number of aromatic nitrogens is 1. The highest BCUT2D eigenvalue weighted by atomic mass is 19.4. The molecule has 0 spiro atoms. The quantitative estimate of drug-likeness (QED) is 0.779. The summed E-state index contributed by atoms with van der Waals surface area (Å²) < 4.78 is 38.4. The van der Waals surface area contributed by atoms with E-state index in [1.165, 1.54) is 18.3 Å². The van der Waals surface area contributed by atoms with Crippen LogP contribution in [0.3, 0.4) is 0 Å². The number of hydrogen-bond donors (Lipinski definition) is 0. The molecule has 0 bridgehead atoms. The number of Topliss-reactive ketones (excluding diaryl/α,β-unsaturated/α-hetero) is 2. The fourth-order valence-corrected chi connectivity index (χ4v) is 2.92. The number of pyridine rings is 1. The first-order chi connectivity index (χ1) is 12.3. The summed E-state index contributed by atoms with van der Waals surface area (Å²) >= 11 is 0. The molecule has 1 aliphatic rings. The number of carbonyl (C=O) groups excluding carboxylic acids is 2. The largest absolute Gasteiger partial charge is 0.416 e. The Morgan fingerprint density at radius 3 is 2.54 bits per heavy atom. The van der Waals surface area contributed by atoms with Crippen molar-refractivity contribution in [1.29, 1.82) is 0 Å². The van der Waals surface area contributed by atoms with Crippen LogP contribution in [-0.2, 0) is 17.4 Å². The van der Waals surface area contributed by atoms with E-state index in [1.54, 1.807) is 12.1 Å². The van der Waals surface area contributed by atoms with E-state index in [9.17, 15) is 22.8 Å². The van der Waals surface area contributed by atoms with Gasteiger partial charge in [-0.25, -0.2) is 0 Å². The number of anilines is 1. The van der Waals surface area contributed by atoms with Crippen LogP contribution in [0.25, 0.3) is 0 Å². The van der Waals surface area contributed by atoms with Gasteiger partial charge in [-0.15, -0.1) is 0 Å². The zero-order chi connectivity index (χ0) is 18.7.